The van der Waals surface area contributed by atoms with Gasteiger partial charge in [0, 0.05) is 4.47 Å². The topological polar surface area (TPSA) is 69.4 Å². The molecule has 0 unspecified atom stereocenters. The number of halogens is 1. The molecule has 0 aliphatic heterocycles. The quantitative estimate of drug-likeness (QED) is 0.911. The minimum Gasteiger partial charge on any atom is -0.253 e. The van der Waals surface area contributed by atoms with E-state index in [1.165, 1.54) is 0 Å². The van der Waals surface area contributed by atoms with Crippen molar-refractivity contribution in [2.75, 3.05) is 0 Å². The van der Waals surface area contributed by atoms with E-state index in [0.717, 1.165) is 15.6 Å². The van der Waals surface area contributed by atoms with Crippen molar-refractivity contribution in [1.29, 1.82) is 0 Å². The van der Waals surface area contributed by atoms with Crippen molar-refractivity contribution in [1.82, 2.24) is 0 Å². The average Bonchev–Trinajstić information content (AvgIpc) is 2.05. The van der Waals surface area contributed by atoms with E-state index in [1.54, 1.807) is 6.07 Å². The van der Waals surface area contributed by atoms with E-state index >= 15 is 0 Å². The maximum Gasteiger partial charge on any atom is 0.333 e. The standard InChI is InChI=1S/C8H10BrNO3S/c1-6-2-3-8(9)4-7(6)5-13-14(10,11)12/h2-4H,5H2,1H3,(H2,10,11,12). The predicted octanol–water partition coefficient (Wildman–Crippen LogP) is 1.48. The Labute approximate surface area is 91.5 Å². The highest BCUT2D eigenvalue weighted by Gasteiger charge is 2.05. The van der Waals surface area contributed by atoms with Crippen LogP contribution in [-0.4, -0.2) is 8.42 Å². The molecule has 0 radical (unpaired) electrons. The molecule has 0 aliphatic rings. The van der Waals surface area contributed by atoms with Gasteiger partial charge in [0.2, 0.25) is 0 Å². The predicted molar refractivity (Wildman–Crippen MR) is 56.8 cm³/mol. The monoisotopic (exact) mass is 279 g/mol. The van der Waals surface area contributed by atoms with Crippen molar-refractivity contribution in [3.05, 3.63) is 33.8 Å². The van der Waals surface area contributed by atoms with E-state index < -0.39 is 10.3 Å². The normalized spacial score (nSPS) is 11.6. The number of hydrogen-bond acceptors (Lipinski definition) is 3. The Morgan fingerprint density at radius 3 is 2.71 bits per heavy atom. The van der Waals surface area contributed by atoms with Gasteiger partial charge >= 0.3 is 10.3 Å². The van der Waals surface area contributed by atoms with Gasteiger partial charge in [0.15, 0.2) is 0 Å². The number of aryl methyl sites for hydroxylation is 1. The Hall–Kier alpha value is -0.430. The molecule has 1 aromatic rings. The summed E-state index contributed by atoms with van der Waals surface area (Å²) in [5, 5.41) is 4.71. The van der Waals surface area contributed by atoms with E-state index in [4.69, 9.17) is 5.14 Å². The van der Waals surface area contributed by atoms with Gasteiger partial charge in [0.1, 0.15) is 0 Å². The van der Waals surface area contributed by atoms with Crippen molar-refractivity contribution < 1.29 is 12.6 Å². The molecule has 1 aromatic carbocycles. The molecule has 0 fully saturated rings. The summed E-state index contributed by atoms with van der Waals surface area (Å²) < 4.78 is 26.4. The summed E-state index contributed by atoms with van der Waals surface area (Å²) in [5.74, 6) is 0. The second kappa shape index (κ2) is 4.39. The van der Waals surface area contributed by atoms with Gasteiger partial charge in [-0.15, -0.1) is 0 Å². The zero-order chi connectivity index (χ0) is 10.8. The van der Waals surface area contributed by atoms with Crippen LogP contribution < -0.4 is 5.14 Å². The van der Waals surface area contributed by atoms with Crippen LogP contribution in [0.3, 0.4) is 0 Å². The largest absolute Gasteiger partial charge is 0.333 e. The van der Waals surface area contributed by atoms with Gasteiger partial charge < -0.3 is 0 Å². The van der Waals surface area contributed by atoms with Crippen molar-refractivity contribution >= 4 is 26.2 Å². The first-order valence-corrected chi connectivity index (χ1v) is 6.07. The van der Waals surface area contributed by atoms with Crippen LogP contribution >= 0.6 is 15.9 Å². The van der Waals surface area contributed by atoms with Gasteiger partial charge in [-0.3, -0.25) is 4.18 Å². The summed E-state index contributed by atoms with van der Waals surface area (Å²) in [5.41, 5.74) is 1.74. The summed E-state index contributed by atoms with van der Waals surface area (Å²) >= 11 is 3.28. The van der Waals surface area contributed by atoms with Crippen molar-refractivity contribution in [3.63, 3.8) is 0 Å². The molecule has 0 aromatic heterocycles. The molecule has 1 rings (SSSR count). The van der Waals surface area contributed by atoms with Crippen LogP contribution in [0.15, 0.2) is 22.7 Å². The maximum atomic E-state index is 10.5. The third-order valence-corrected chi connectivity index (χ3v) is 2.63. The molecule has 0 amide bonds. The zero-order valence-electron chi connectivity index (χ0n) is 7.53. The Morgan fingerprint density at radius 1 is 1.50 bits per heavy atom. The fourth-order valence-electron chi connectivity index (χ4n) is 0.941. The number of rotatable bonds is 3. The number of benzene rings is 1. The van der Waals surface area contributed by atoms with Gasteiger partial charge in [-0.1, -0.05) is 22.0 Å². The van der Waals surface area contributed by atoms with Gasteiger partial charge in [-0.2, -0.15) is 8.42 Å². The van der Waals surface area contributed by atoms with Crippen molar-refractivity contribution in [2.45, 2.75) is 13.5 Å². The van der Waals surface area contributed by atoms with Crippen LogP contribution in [0.2, 0.25) is 0 Å². The minimum atomic E-state index is -3.87. The summed E-state index contributed by atoms with van der Waals surface area (Å²) in [4.78, 5) is 0. The molecule has 0 spiro atoms. The van der Waals surface area contributed by atoms with Crippen LogP contribution in [0, 0.1) is 6.92 Å². The minimum absolute atomic E-state index is 0.0376. The van der Waals surface area contributed by atoms with E-state index in [9.17, 15) is 8.42 Å². The molecule has 2 N–H and O–H groups in total. The smallest absolute Gasteiger partial charge is 0.253 e. The van der Waals surface area contributed by atoms with E-state index in [1.807, 2.05) is 19.1 Å². The highest BCUT2D eigenvalue weighted by Crippen LogP contribution is 2.16. The number of hydrogen-bond donors (Lipinski definition) is 1. The van der Waals surface area contributed by atoms with Crippen LogP contribution in [-0.2, 0) is 21.1 Å². The van der Waals surface area contributed by atoms with Gasteiger partial charge in [-0.05, 0) is 30.2 Å². The summed E-state index contributed by atoms with van der Waals surface area (Å²) in [6.07, 6.45) is 0. The van der Waals surface area contributed by atoms with E-state index in [2.05, 4.69) is 20.1 Å². The average molecular weight is 280 g/mol. The molecule has 0 saturated carbocycles. The fraction of sp³-hybridized carbons (Fsp3) is 0.250. The van der Waals surface area contributed by atoms with Crippen LogP contribution in [0.25, 0.3) is 0 Å². The summed E-state index contributed by atoms with van der Waals surface area (Å²) in [7, 11) is -3.87. The zero-order valence-corrected chi connectivity index (χ0v) is 9.93. The molecule has 0 aliphatic carbocycles. The van der Waals surface area contributed by atoms with Crippen LogP contribution in [0.5, 0.6) is 0 Å². The lowest BCUT2D eigenvalue weighted by Gasteiger charge is -2.05. The second-order valence-corrected chi connectivity index (χ2v) is 4.96. The molecular weight excluding hydrogens is 270 g/mol. The first-order chi connectivity index (χ1) is 6.38. The highest BCUT2D eigenvalue weighted by atomic mass is 79.9. The molecule has 78 valence electrons. The molecule has 0 heterocycles. The molecule has 0 bridgehead atoms. The van der Waals surface area contributed by atoms with Crippen molar-refractivity contribution in [3.8, 4) is 0 Å². The van der Waals surface area contributed by atoms with Gasteiger partial charge in [0.05, 0.1) is 6.61 Å². The van der Waals surface area contributed by atoms with Crippen LogP contribution in [0.1, 0.15) is 11.1 Å². The summed E-state index contributed by atoms with van der Waals surface area (Å²) in [6, 6.07) is 5.53. The Kier molecular flexibility index (Phi) is 3.65. The van der Waals surface area contributed by atoms with Crippen molar-refractivity contribution in [2.24, 2.45) is 5.14 Å². The molecule has 4 nitrogen and oxygen atoms in total. The Morgan fingerprint density at radius 2 is 2.14 bits per heavy atom. The molecule has 6 heteroatoms. The molecule has 0 atom stereocenters. The van der Waals surface area contributed by atoms with Gasteiger partial charge in [-0.25, -0.2) is 5.14 Å². The Balaban J connectivity index is 2.81. The SMILES string of the molecule is Cc1ccc(Br)cc1COS(N)(=O)=O. The van der Waals surface area contributed by atoms with Crippen LogP contribution in [0.4, 0.5) is 0 Å². The second-order valence-electron chi connectivity index (χ2n) is 2.83. The number of nitrogens with two attached hydrogens (primary N) is 1. The summed E-state index contributed by atoms with van der Waals surface area (Å²) in [6.45, 7) is 1.83. The molecular formula is C8H10BrNO3S. The Bertz CT molecular complexity index is 430. The maximum absolute atomic E-state index is 10.5. The highest BCUT2D eigenvalue weighted by molar-refractivity contribution is 9.10. The third-order valence-electron chi connectivity index (χ3n) is 1.69. The fourth-order valence-corrected chi connectivity index (χ4v) is 1.64. The first-order valence-electron chi connectivity index (χ1n) is 3.80. The third kappa shape index (κ3) is 3.75. The lowest BCUT2D eigenvalue weighted by Crippen LogP contribution is -2.15. The van der Waals surface area contributed by atoms with E-state index in [-0.39, 0.29) is 6.61 Å². The lowest BCUT2D eigenvalue weighted by molar-refractivity contribution is 0.308. The van der Waals surface area contributed by atoms with Gasteiger partial charge in [0.25, 0.3) is 0 Å². The molecule has 0 saturated heterocycles. The molecule has 14 heavy (non-hydrogen) atoms. The first kappa shape index (κ1) is 11.6. The van der Waals surface area contributed by atoms with E-state index in [0.29, 0.717) is 0 Å². The lowest BCUT2D eigenvalue weighted by atomic mass is 10.1.